The van der Waals surface area contributed by atoms with E-state index in [4.69, 9.17) is 73.3 Å². The van der Waals surface area contributed by atoms with E-state index in [1.807, 2.05) is 32.9 Å². The summed E-state index contributed by atoms with van der Waals surface area (Å²) in [6.45, 7) is 17.9. The van der Waals surface area contributed by atoms with E-state index in [0.29, 0.717) is 63.9 Å². The summed E-state index contributed by atoms with van der Waals surface area (Å²) in [6.07, 6.45) is 0.622. The van der Waals surface area contributed by atoms with Crippen LogP contribution >= 0.6 is 18.2 Å². The van der Waals surface area contributed by atoms with Crippen molar-refractivity contribution in [2.24, 2.45) is 5.92 Å². The Morgan fingerprint density at radius 1 is 0.714 bits per heavy atom. The highest BCUT2D eigenvalue weighted by Gasteiger charge is 2.57. The van der Waals surface area contributed by atoms with Crippen molar-refractivity contribution in [2.75, 3.05) is 54.1 Å². The van der Waals surface area contributed by atoms with E-state index >= 15 is 0 Å². The Kier molecular flexibility index (Phi) is 26.3. The quantitative estimate of drug-likeness (QED) is 0.0144. The van der Waals surface area contributed by atoms with Crippen molar-refractivity contribution in [1.29, 1.82) is 0 Å². The molecule has 8 aromatic rings. The molecule has 0 bridgehead atoms. The molecule has 6 aromatic heterocycles. The molecule has 3 aliphatic rings. The number of nitrogens with one attached hydrogen (secondary N) is 3. The normalized spacial score (nSPS) is 25.6. The average Bonchev–Trinajstić information content (AvgIpc) is 1.60. The minimum absolute atomic E-state index is 0. The maximum atomic E-state index is 12.9. The summed E-state index contributed by atoms with van der Waals surface area (Å²) in [5, 5.41) is 61.7. The van der Waals surface area contributed by atoms with Crippen molar-refractivity contribution in [3.63, 3.8) is 0 Å². The maximum absolute atomic E-state index is 12.9. The van der Waals surface area contributed by atoms with Gasteiger partial charge < -0.3 is 86.1 Å². The minimum atomic E-state index is -3.42. The molecule has 0 amide bonds. The third-order valence-corrected chi connectivity index (χ3v) is 18.7. The number of aliphatic hydroxyl groups is 5. The second kappa shape index (κ2) is 32.7. The highest BCUT2D eigenvalue weighted by molar-refractivity contribution is 8.09. The van der Waals surface area contributed by atoms with Crippen LogP contribution in [-0.4, -0.2) is 182 Å². The van der Waals surface area contributed by atoms with Crippen molar-refractivity contribution < 1.29 is 67.9 Å². The largest absolute Gasteiger partial charge is 0.462 e. The highest BCUT2D eigenvalue weighted by atomic mass is 35.5. The first-order valence-electron chi connectivity index (χ1n) is 30.1. The van der Waals surface area contributed by atoms with Gasteiger partial charge in [0.25, 0.3) is 0 Å². The number of rotatable bonds is 22. The van der Waals surface area contributed by atoms with Gasteiger partial charge in [0, 0.05) is 19.0 Å². The van der Waals surface area contributed by atoms with Gasteiger partial charge in [-0.3, -0.25) is 18.5 Å². The summed E-state index contributed by atoms with van der Waals surface area (Å²) in [5.41, 5.74) is 15.8. The van der Waals surface area contributed by atoms with Gasteiger partial charge in [-0.2, -0.15) is 29.9 Å². The molecule has 3 aliphatic heterocycles. The fraction of sp³-hybridized carbons (Fsp3) is 0.476. The molecule has 35 heteroatoms. The standard InChI is InChI=1S/C26H36N7O7PS.C20H22ClN5O3.C14H20N6O4.3CH4/c1-6-12-28-21-19-22(31-25(27)30-21)33(14-29-19)24-26(5,36)20(34)18(39-24)13-37-41(42,40-17-10-8-7-9-11-17)32-16(4)23(35)38-15(2)3;1-4-13-11(2)20(3,29-17(27)12-8-6-5-7-9-12)18(28-13)26-10-23-14-15(21)24-19(22)25-16(14)26;1-3-4-16-10-8-11(19-13(15)18-10)20(6-17-8)12-14(2,23)9(22)7(5-21)24-12;;;/h6-11,14-16,18,20,24,34,36H,1,12-13H2,2-5H3,(H,32,42)(H3,27,28,30,31);5-11,13,18H,4H2,1-3H3,(H2,22,24,25);3,6-7,9,12,21-23H,1,4-5H2,2H3,(H3,15,16,18,19);3*1H4/t16-,18+,20+,24+,26+,41?;11-,13-,18-,20-;7-,9-,12-,14-;;;/m011.../s1. The summed E-state index contributed by atoms with van der Waals surface area (Å²) < 4.78 is 46.0. The van der Waals surface area contributed by atoms with Crippen LogP contribution in [0.4, 0.5) is 29.5 Å². The molecule has 14 atom stereocenters. The number of carbonyl (C=O) groups excluding carboxylic acids is 2. The lowest BCUT2D eigenvalue weighted by molar-refractivity contribution is -0.149. The second-order valence-electron chi connectivity index (χ2n) is 23.3. The lowest BCUT2D eigenvalue weighted by Gasteiger charge is -2.33. The number of imidazole rings is 3. The number of para-hydroxylation sites is 1. The Morgan fingerprint density at radius 3 is 1.64 bits per heavy atom. The van der Waals surface area contributed by atoms with Crippen LogP contribution in [0.5, 0.6) is 5.75 Å². The Labute approximate surface area is 577 Å². The van der Waals surface area contributed by atoms with Crippen molar-refractivity contribution in [2.45, 2.75) is 162 Å². The molecule has 3 fully saturated rings. The maximum Gasteiger partial charge on any atom is 0.338 e. The van der Waals surface area contributed by atoms with E-state index in [1.54, 1.807) is 92.3 Å². The number of nitrogen functional groups attached to an aromatic ring is 3. The van der Waals surface area contributed by atoms with Crippen molar-refractivity contribution in [1.82, 2.24) is 63.6 Å². The number of ether oxygens (including phenoxy) is 5. The zero-order valence-electron chi connectivity index (χ0n) is 53.2. The van der Waals surface area contributed by atoms with Gasteiger partial charge in [0.05, 0.1) is 50.0 Å². The van der Waals surface area contributed by atoms with Crippen LogP contribution in [0.2, 0.25) is 5.15 Å². The topological polar surface area (TPSA) is 445 Å². The van der Waals surface area contributed by atoms with Gasteiger partial charge in [0.15, 0.2) is 69.0 Å². The zero-order valence-corrected chi connectivity index (χ0v) is 55.7. The summed E-state index contributed by atoms with van der Waals surface area (Å²) in [4.78, 5) is 63.3. The number of hydrogen-bond donors (Lipinski definition) is 11. The monoisotopic (exact) mass is 1420 g/mol. The van der Waals surface area contributed by atoms with Crippen LogP contribution in [0.15, 0.2) is 105 Å². The number of hydrogen-bond acceptors (Lipinski definition) is 29. The molecular weight excluding hydrogens is 1330 g/mol. The molecule has 14 N–H and O–H groups in total. The Bertz CT molecular complexity index is 4080. The van der Waals surface area contributed by atoms with E-state index in [2.05, 4.69) is 73.7 Å². The van der Waals surface area contributed by atoms with Crippen LogP contribution in [-0.2, 0) is 44.8 Å². The summed E-state index contributed by atoms with van der Waals surface area (Å²) in [6, 6.07) is 16.8. The number of aliphatic hydroxyl groups excluding tert-OH is 3. The Morgan fingerprint density at radius 2 is 1.16 bits per heavy atom. The van der Waals surface area contributed by atoms with Crippen LogP contribution < -0.4 is 37.4 Å². The molecule has 9 heterocycles. The molecule has 98 heavy (non-hydrogen) atoms. The lowest BCUT2D eigenvalue weighted by atomic mass is 9.86. The molecule has 2 aromatic carbocycles. The van der Waals surface area contributed by atoms with Crippen LogP contribution in [0.3, 0.4) is 0 Å². The molecule has 0 saturated carbocycles. The first-order valence-corrected chi connectivity index (χ1v) is 33.1. The van der Waals surface area contributed by atoms with E-state index in [1.165, 1.54) is 35.6 Å². The molecule has 0 spiro atoms. The predicted octanol–water partition coefficient (Wildman–Crippen LogP) is 6.80. The third kappa shape index (κ3) is 16.6. The Balaban J connectivity index is 0.000000238. The number of esters is 2. The Hall–Kier alpha value is -8.15. The fourth-order valence-corrected chi connectivity index (χ4v) is 13.6. The summed E-state index contributed by atoms with van der Waals surface area (Å²) >= 11 is 11.9. The van der Waals surface area contributed by atoms with Crippen molar-refractivity contribution >= 4 is 105 Å². The summed E-state index contributed by atoms with van der Waals surface area (Å²) in [5.74, 6) is 0.228. The molecule has 1 unspecified atom stereocenters. The molecule has 3 saturated heterocycles. The number of aromatic nitrogens is 12. The first kappa shape index (κ1) is 78.8. The van der Waals surface area contributed by atoms with E-state index < -0.39 is 91.1 Å². The second-order valence-corrected chi connectivity index (χ2v) is 26.8. The molecule has 11 rings (SSSR count). The number of anilines is 5. The molecule has 0 aliphatic carbocycles. The van der Waals surface area contributed by atoms with E-state index in [9.17, 15) is 35.1 Å². The van der Waals surface area contributed by atoms with Gasteiger partial charge in [0.2, 0.25) is 17.8 Å². The minimum Gasteiger partial charge on any atom is -0.462 e. The summed E-state index contributed by atoms with van der Waals surface area (Å²) in [7, 11) is 0. The molecule has 0 radical (unpaired) electrons. The van der Waals surface area contributed by atoms with Crippen LogP contribution in [0.1, 0.15) is 113 Å². The molecule has 32 nitrogen and oxygen atoms in total. The molecular formula is C63H90ClN18O14PS. The van der Waals surface area contributed by atoms with Gasteiger partial charge in [-0.05, 0) is 84.0 Å². The van der Waals surface area contributed by atoms with E-state index in [-0.39, 0.29) is 75.7 Å². The highest BCUT2D eigenvalue weighted by Crippen LogP contribution is 2.50. The molecule has 534 valence electrons. The zero-order chi connectivity index (χ0) is 68.9. The number of benzene rings is 2. The van der Waals surface area contributed by atoms with Gasteiger partial charge in [0.1, 0.15) is 52.9 Å². The van der Waals surface area contributed by atoms with Crippen LogP contribution in [0.25, 0.3) is 33.5 Å². The number of nitrogens with zero attached hydrogens (tertiary/aromatic N) is 12. The fourth-order valence-electron chi connectivity index (χ4n) is 10.9. The van der Waals surface area contributed by atoms with Gasteiger partial charge in [-0.25, -0.2) is 24.8 Å². The van der Waals surface area contributed by atoms with E-state index in [0.717, 1.165) is 6.42 Å². The number of nitrogens with two attached hydrogens (primary N) is 3. The van der Waals surface area contributed by atoms with Gasteiger partial charge in [-0.15, -0.1) is 13.2 Å². The van der Waals surface area contributed by atoms with Crippen molar-refractivity contribution in [3.05, 3.63) is 116 Å². The first-order chi connectivity index (χ1) is 45.1. The van der Waals surface area contributed by atoms with Gasteiger partial charge in [-0.1, -0.05) is 96.3 Å². The SMILES string of the molecule is C.C.C.C=CCNc1nc(N)nc2c1ncn2[C@@H]1O[C@H](CO)[C@@H](O)[C@@]1(C)O.C=CCNc1nc(N)nc2c1ncn2[C@@H]1O[C@H](COP(=S)(N[C@@H](C)C(=O)OC(C)C)Oc2ccccc2)[C@@H](O)[C@@]1(C)O.CC[C@H]1O[C@@H](n2cnc3c(Cl)nc(N)nc32)[C@](C)(OC(=O)c2ccccc2)[C@@H]1C. The lowest BCUT2D eigenvalue weighted by Crippen LogP contribution is -2.44. The smallest absolute Gasteiger partial charge is 0.338 e. The van der Waals surface area contributed by atoms with Crippen LogP contribution in [0, 0.1) is 5.92 Å². The van der Waals surface area contributed by atoms with Crippen molar-refractivity contribution in [3.8, 4) is 5.75 Å². The number of halogens is 1. The number of carbonyl (C=O) groups is 2. The average molecular weight is 1420 g/mol. The predicted molar refractivity (Wildman–Crippen MR) is 375 cm³/mol. The van der Waals surface area contributed by atoms with Gasteiger partial charge >= 0.3 is 18.6 Å². The number of fused-ring (bicyclic) bond motifs is 3. The third-order valence-electron chi connectivity index (χ3n) is 16.0.